The van der Waals surface area contributed by atoms with E-state index in [0.717, 1.165) is 17.8 Å². The van der Waals surface area contributed by atoms with Crippen LogP contribution in [0.5, 0.6) is 0 Å². The smallest absolute Gasteiger partial charge is 0.269 e. The first-order chi connectivity index (χ1) is 8.44. The number of non-ortho nitro benzene ring substituents is 1. The van der Waals surface area contributed by atoms with E-state index in [4.69, 9.17) is 0 Å². The van der Waals surface area contributed by atoms with Gasteiger partial charge in [-0.3, -0.25) is 10.1 Å². The Morgan fingerprint density at radius 3 is 2.56 bits per heavy atom. The highest BCUT2D eigenvalue weighted by atomic mass is 16.6. The van der Waals surface area contributed by atoms with Crippen molar-refractivity contribution >= 4 is 11.4 Å². The Kier molecular flexibility index (Phi) is 3.28. The average molecular weight is 248 g/mol. The summed E-state index contributed by atoms with van der Waals surface area (Å²) < 4.78 is 0. The van der Waals surface area contributed by atoms with E-state index >= 15 is 0 Å². The Labute approximate surface area is 108 Å². The van der Waals surface area contributed by atoms with Crippen LogP contribution < -0.4 is 5.32 Å². The summed E-state index contributed by atoms with van der Waals surface area (Å²) in [5.74, 6) is 0.684. The molecule has 1 N–H and O–H groups in total. The van der Waals surface area contributed by atoms with Crippen molar-refractivity contribution in [2.75, 3.05) is 11.9 Å². The summed E-state index contributed by atoms with van der Waals surface area (Å²) in [6, 6.07) is 4.99. The molecule has 0 atom stereocenters. The molecule has 1 fully saturated rings. The molecule has 0 amide bonds. The SMILES string of the molecule is Cc1cc([N+](=O)[O-])ccc1NCC1(C(C)C)CC1. The molecule has 2 rings (SSSR count). The van der Waals surface area contributed by atoms with Crippen molar-refractivity contribution in [3.8, 4) is 0 Å². The van der Waals surface area contributed by atoms with Crippen molar-refractivity contribution < 1.29 is 4.92 Å². The third-order valence-corrected chi connectivity index (χ3v) is 4.17. The monoisotopic (exact) mass is 248 g/mol. The van der Waals surface area contributed by atoms with Gasteiger partial charge in [-0.2, -0.15) is 0 Å². The van der Waals surface area contributed by atoms with Gasteiger partial charge in [0, 0.05) is 24.4 Å². The predicted molar refractivity (Wildman–Crippen MR) is 72.8 cm³/mol. The van der Waals surface area contributed by atoms with E-state index in [0.29, 0.717) is 11.3 Å². The van der Waals surface area contributed by atoms with Gasteiger partial charge in [-0.25, -0.2) is 0 Å². The zero-order chi connectivity index (χ0) is 13.3. The molecule has 0 unspecified atom stereocenters. The van der Waals surface area contributed by atoms with Gasteiger partial charge in [0.1, 0.15) is 0 Å². The van der Waals surface area contributed by atoms with Gasteiger partial charge in [-0.15, -0.1) is 0 Å². The largest absolute Gasteiger partial charge is 0.384 e. The molecule has 0 saturated heterocycles. The van der Waals surface area contributed by atoms with Gasteiger partial charge in [0.05, 0.1) is 4.92 Å². The predicted octanol–water partition coefficient (Wildman–Crippen LogP) is 3.75. The summed E-state index contributed by atoms with van der Waals surface area (Å²) in [6.07, 6.45) is 2.56. The number of nitrogens with one attached hydrogen (secondary N) is 1. The summed E-state index contributed by atoms with van der Waals surface area (Å²) in [6.45, 7) is 7.39. The molecule has 98 valence electrons. The lowest BCUT2D eigenvalue weighted by Crippen LogP contribution is -2.21. The minimum Gasteiger partial charge on any atom is -0.384 e. The number of nitrogens with zero attached hydrogens (tertiary/aromatic N) is 1. The Balaban J connectivity index is 2.04. The fourth-order valence-corrected chi connectivity index (χ4v) is 2.35. The molecule has 18 heavy (non-hydrogen) atoms. The number of aryl methyl sites for hydroxylation is 1. The fraction of sp³-hybridized carbons (Fsp3) is 0.571. The summed E-state index contributed by atoms with van der Waals surface area (Å²) in [7, 11) is 0. The average Bonchev–Trinajstić information content (AvgIpc) is 3.08. The third kappa shape index (κ3) is 2.47. The lowest BCUT2D eigenvalue weighted by Gasteiger charge is -2.21. The minimum absolute atomic E-state index is 0.156. The molecule has 1 aliphatic carbocycles. The van der Waals surface area contributed by atoms with Gasteiger partial charge in [-0.05, 0) is 42.7 Å². The minimum atomic E-state index is -0.354. The number of nitro groups is 1. The molecule has 0 aromatic heterocycles. The Morgan fingerprint density at radius 2 is 2.11 bits per heavy atom. The number of hydrogen-bond donors (Lipinski definition) is 1. The molecule has 0 aliphatic heterocycles. The van der Waals surface area contributed by atoms with Crippen molar-refractivity contribution in [1.82, 2.24) is 0 Å². The van der Waals surface area contributed by atoms with E-state index in [2.05, 4.69) is 19.2 Å². The topological polar surface area (TPSA) is 55.2 Å². The highest BCUT2D eigenvalue weighted by Gasteiger charge is 2.44. The van der Waals surface area contributed by atoms with E-state index < -0.39 is 0 Å². The van der Waals surface area contributed by atoms with Crippen LogP contribution in [0.3, 0.4) is 0 Å². The van der Waals surface area contributed by atoms with Gasteiger partial charge in [0.2, 0.25) is 0 Å². The van der Waals surface area contributed by atoms with Crippen LogP contribution in [0.15, 0.2) is 18.2 Å². The second-order valence-corrected chi connectivity index (χ2v) is 5.63. The molecule has 0 bridgehead atoms. The summed E-state index contributed by atoms with van der Waals surface area (Å²) in [5, 5.41) is 14.1. The van der Waals surface area contributed by atoms with Crippen LogP contribution in [-0.4, -0.2) is 11.5 Å². The maximum absolute atomic E-state index is 10.7. The van der Waals surface area contributed by atoms with Crippen LogP contribution in [0.25, 0.3) is 0 Å². The van der Waals surface area contributed by atoms with Crippen molar-refractivity contribution in [2.45, 2.75) is 33.6 Å². The van der Waals surface area contributed by atoms with E-state index in [1.807, 2.05) is 13.0 Å². The van der Waals surface area contributed by atoms with Crippen molar-refractivity contribution in [3.63, 3.8) is 0 Å². The van der Waals surface area contributed by atoms with Crippen molar-refractivity contribution in [2.24, 2.45) is 11.3 Å². The zero-order valence-electron chi connectivity index (χ0n) is 11.2. The lowest BCUT2D eigenvalue weighted by molar-refractivity contribution is -0.384. The Hall–Kier alpha value is -1.58. The molecule has 1 aromatic carbocycles. The quantitative estimate of drug-likeness (QED) is 0.637. The first-order valence-electron chi connectivity index (χ1n) is 6.43. The van der Waals surface area contributed by atoms with Gasteiger partial charge < -0.3 is 5.32 Å². The molecular formula is C14H20N2O2. The van der Waals surface area contributed by atoms with Crippen LogP contribution >= 0.6 is 0 Å². The normalized spacial score (nSPS) is 16.7. The van der Waals surface area contributed by atoms with Crippen LogP contribution in [0.4, 0.5) is 11.4 Å². The van der Waals surface area contributed by atoms with E-state index in [9.17, 15) is 10.1 Å². The zero-order valence-corrected chi connectivity index (χ0v) is 11.2. The Morgan fingerprint density at radius 1 is 1.44 bits per heavy atom. The summed E-state index contributed by atoms with van der Waals surface area (Å²) >= 11 is 0. The second kappa shape index (κ2) is 4.59. The summed E-state index contributed by atoms with van der Waals surface area (Å²) in [5.41, 5.74) is 2.54. The summed E-state index contributed by atoms with van der Waals surface area (Å²) in [4.78, 5) is 10.3. The van der Waals surface area contributed by atoms with Crippen molar-refractivity contribution in [1.29, 1.82) is 0 Å². The van der Waals surface area contributed by atoms with Crippen molar-refractivity contribution in [3.05, 3.63) is 33.9 Å². The van der Waals surface area contributed by atoms with E-state index in [1.54, 1.807) is 12.1 Å². The van der Waals surface area contributed by atoms with E-state index in [-0.39, 0.29) is 10.6 Å². The number of hydrogen-bond acceptors (Lipinski definition) is 3. The molecule has 0 spiro atoms. The first kappa shape index (κ1) is 12.9. The molecule has 0 heterocycles. The molecule has 1 saturated carbocycles. The fourth-order valence-electron chi connectivity index (χ4n) is 2.35. The van der Waals surface area contributed by atoms with Gasteiger partial charge in [0.25, 0.3) is 5.69 Å². The maximum atomic E-state index is 10.7. The van der Waals surface area contributed by atoms with Crippen LogP contribution in [0.1, 0.15) is 32.3 Å². The molecular weight excluding hydrogens is 228 g/mol. The van der Waals surface area contributed by atoms with Crippen LogP contribution in [-0.2, 0) is 0 Å². The molecule has 0 radical (unpaired) electrons. The maximum Gasteiger partial charge on any atom is 0.269 e. The number of anilines is 1. The molecule has 4 nitrogen and oxygen atoms in total. The van der Waals surface area contributed by atoms with E-state index in [1.165, 1.54) is 12.8 Å². The Bertz CT molecular complexity index is 465. The van der Waals surface area contributed by atoms with Gasteiger partial charge in [0.15, 0.2) is 0 Å². The number of benzene rings is 1. The van der Waals surface area contributed by atoms with Crippen LogP contribution in [0.2, 0.25) is 0 Å². The third-order valence-electron chi connectivity index (χ3n) is 4.17. The molecule has 1 aliphatic rings. The first-order valence-corrected chi connectivity index (χ1v) is 6.43. The lowest BCUT2D eigenvalue weighted by atomic mass is 9.92. The highest BCUT2D eigenvalue weighted by Crippen LogP contribution is 2.51. The number of nitro benzene ring substituents is 1. The number of rotatable bonds is 5. The second-order valence-electron chi connectivity index (χ2n) is 5.63. The standard InChI is InChI=1S/C14H20N2O2/c1-10(2)14(6-7-14)9-15-13-5-4-12(16(17)18)8-11(13)3/h4-5,8,10,15H,6-7,9H2,1-3H3. The molecule has 1 aromatic rings. The molecule has 4 heteroatoms. The highest BCUT2D eigenvalue weighted by molar-refractivity contribution is 5.55. The van der Waals surface area contributed by atoms with Gasteiger partial charge >= 0.3 is 0 Å². The van der Waals surface area contributed by atoms with Crippen LogP contribution in [0, 0.1) is 28.4 Å². The van der Waals surface area contributed by atoms with Gasteiger partial charge in [-0.1, -0.05) is 13.8 Å².